The van der Waals surface area contributed by atoms with Gasteiger partial charge in [0.2, 0.25) is 21.8 Å². The van der Waals surface area contributed by atoms with Crippen molar-refractivity contribution in [2.75, 3.05) is 18.3 Å². The van der Waals surface area contributed by atoms with Crippen LogP contribution in [0.1, 0.15) is 23.6 Å². The van der Waals surface area contributed by atoms with Gasteiger partial charge in [-0.15, -0.1) is 0 Å². The zero-order valence-corrected chi connectivity index (χ0v) is 25.9. The monoisotopic (exact) mass is 636 g/mol. The van der Waals surface area contributed by atoms with Crippen molar-refractivity contribution in [3.63, 3.8) is 0 Å². The number of anilines is 1. The van der Waals surface area contributed by atoms with E-state index in [0.717, 1.165) is 5.39 Å². The summed E-state index contributed by atoms with van der Waals surface area (Å²) in [7, 11) is -2.76. The number of hydrogen-bond donors (Lipinski definition) is 2. The van der Waals surface area contributed by atoms with Gasteiger partial charge in [0.05, 0.1) is 27.4 Å². The van der Waals surface area contributed by atoms with Gasteiger partial charge in [0.25, 0.3) is 0 Å². The van der Waals surface area contributed by atoms with Gasteiger partial charge in [-0.1, -0.05) is 77.8 Å². The molecule has 222 valence electrons. The van der Waals surface area contributed by atoms with Crippen molar-refractivity contribution in [2.24, 2.45) is 0 Å². The second kappa shape index (κ2) is 13.9. The third kappa shape index (κ3) is 7.85. The Labute approximate surface area is 261 Å². The molecule has 11 heteroatoms. The molecule has 4 rings (SSSR count). The normalized spacial score (nSPS) is 12.6. The minimum atomic E-state index is -4.37. The average Bonchev–Trinajstić information content (AvgIpc) is 3.00. The maximum atomic E-state index is 14.0. The van der Waals surface area contributed by atoms with Crippen molar-refractivity contribution in [1.29, 1.82) is 5.26 Å². The predicted molar refractivity (Wildman–Crippen MR) is 171 cm³/mol. The molecule has 0 radical (unpaired) electrons. The topological polar surface area (TPSA) is 119 Å². The number of nitriles is 1. The van der Waals surface area contributed by atoms with Crippen LogP contribution in [0.4, 0.5) is 5.69 Å². The Morgan fingerprint density at radius 2 is 1.58 bits per heavy atom. The molecule has 2 N–H and O–H groups in total. The van der Waals surface area contributed by atoms with Crippen LogP contribution >= 0.6 is 23.2 Å². The molecule has 0 saturated carbocycles. The first kappa shape index (κ1) is 31.8. The van der Waals surface area contributed by atoms with E-state index in [2.05, 4.69) is 10.0 Å². The van der Waals surface area contributed by atoms with E-state index in [-0.39, 0.29) is 23.8 Å². The number of rotatable bonds is 11. The molecule has 0 bridgehead atoms. The fraction of sp³-hybridized carbons (Fsp3) is 0.219. The fourth-order valence-electron chi connectivity index (χ4n) is 4.60. The number of hydrogen-bond acceptors (Lipinski definition) is 5. The number of halogens is 2. The molecule has 0 aliphatic carbocycles. The van der Waals surface area contributed by atoms with E-state index in [9.17, 15) is 18.0 Å². The lowest BCUT2D eigenvalue weighted by molar-refractivity contribution is -0.135. The molecule has 0 spiro atoms. The largest absolute Gasteiger partial charge is 0.344 e. The number of carbonyl (C=O) groups excluding carboxylic acids is 2. The van der Waals surface area contributed by atoms with Crippen molar-refractivity contribution >= 4 is 61.5 Å². The van der Waals surface area contributed by atoms with E-state index in [0.29, 0.717) is 39.3 Å². The maximum absolute atomic E-state index is 14.0. The van der Waals surface area contributed by atoms with Gasteiger partial charge in [0.1, 0.15) is 6.04 Å². The van der Waals surface area contributed by atoms with Crippen LogP contribution in [-0.2, 0) is 32.5 Å². The van der Waals surface area contributed by atoms with Gasteiger partial charge in [0, 0.05) is 31.8 Å². The van der Waals surface area contributed by atoms with Crippen LogP contribution in [0.2, 0.25) is 10.0 Å². The summed E-state index contributed by atoms with van der Waals surface area (Å²) in [5.74, 6) is -1.23. The highest BCUT2D eigenvalue weighted by molar-refractivity contribution is 7.94. The van der Waals surface area contributed by atoms with E-state index in [4.69, 9.17) is 28.5 Å². The van der Waals surface area contributed by atoms with Crippen molar-refractivity contribution in [3.8, 4) is 6.07 Å². The van der Waals surface area contributed by atoms with Crippen LogP contribution in [0.5, 0.6) is 0 Å². The molecule has 4 aromatic rings. The molecule has 0 aromatic heterocycles. The summed E-state index contributed by atoms with van der Waals surface area (Å²) < 4.78 is 30.5. The Hall–Kier alpha value is -4.10. The third-order valence-corrected chi connectivity index (χ3v) is 9.48. The number of sulfonamides is 1. The van der Waals surface area contributed by atoms with Crippen LogP contribution in [-0.4, -0.2) is 50.0 Å². The second-order valence-electron chi connectivity index (χ2n) is 10.0. The molecule has 0 aliphatic heterocycles. The Kier molecular flexibility index (Phi) is 10.3. The molecule has 2 atom stereocenters. The minimum absolute atomic E-state index is 0.0942. The summed E-state index contributed by atoms with van der Waals surface area (Å²) in [6, 6.07) is 24.8. The molecule has 2 unspecified atom stereocenters. The quantitative estimate of drug-likeness (QED) is 0.223. The van der Waals surface area contributed by atoms with E-state index in [1.165, 1.54) is 17.0 Å². The van der Waals surface area contributed by atoms with Gasteiger partial charge in [-0.3, -0.25) is 14.3 Å². The first-order valence-electron chi connectivity index (χ1n) is 13.5. The van der Waals surface area contributed by atoms with Crippen molar-refractivity contribution in [3.05, 3.63) is 112 Å². The third-order valence-electron chi connectivity index (χ3n) is 7.10. The maximum Gasteiger partial charge on any atom is 0.245 e. The average molecular weight is 638 g/mol. The molecule has 4 aromatic carbocycles. The number of amides is 2. The molecule has 43 heavy (non-hydrogen) atoms. The summed E-state index contributed by atoms with van der Waals surface area (Å²) in [6.45, 7) is 2.18. The molecular weight excluding hydrogens is 607 g/mol. The van der Waals surface area contributed by atoms with Crippen LogP contribution in [0.15, 0.2) is 84.9 Å². The summed E-state index contributed by atoms with van der Waals surface area (Å²) in [4.78, 5) is 28.7. The number of likely N-dealkylation sites (N-methyl/N-ethyl adjacent to an activating group) is 1. The lowest BCUT2D eigenvalue weighted by atomic mass is 10.0. The van der Waals surface area contributed by atoms with Crippen molar-refractivity contribution in [1.82, 2.24) is 10.2 Å². The molecule has 0 heterocycles. The summed E-state index contributed by atoms with van der Waals surface area (Å²) in [5.41, 5.74) is 1.94. The highest BCUT2D eigenvalue weighted by Crippen LogP contribution is 2.27. The smallest absolute Gasteiger partial charge is 0.245 e. The number of fused-ring (bicyclic) bond motifs is 1. The van der Waals surface area contributed by atoms with Crippen LogP contribution in [0, 0.1) is 11.3 Å². The summed E-state index contributed by atoms with van der Waals surface area (Å²) >= 11 is 12.3. The predicted octanol–water partition coefficient (Wildman–Crippen LogP) is 5.58. The number of carbonyl (C=O) groups is 2. The van der Waals surface area contributed by atoms with Crippen LogP contribution in [0.3, 0.4) is 0 Å². The Bertz CT molecular complexity index is 1780. The highest BCUT2D eigenvalue weighted by Gasteiger charge is 2.36. The van der Waals surface area contributed by atoms with Gasteiger partial charge < -0.3 is 10.2 Å². The highest BCUT2D eigenvalue weighted by atomic mass is 35.5. The van der Waals surface area contributed by atoms with E-state index in [1.807, 2.05) is 24.3 Å². The van der Waals surface area contributed by atoms with Gasteiger partial charge in [-0.2, -0.15) is 5.26 Å². The van der Waals surface area contributed by atoms with Crippen LogP contribution in [0.25, 0.3) is 10.8 Å². The molecule has 0 aliphatic rings. The van der Waals surface area contributed by atoms with Crippen molar-refractivity contribution in [2.45, 2.75) is 31.1 Å². The SMILES string of the molecule is CCN(C)C(=O)C(Cc1ccc(C#N)cc1)NC(=O)C(Cc1ccc(Cl)c(Cl)c1)S(=O)(=O)Nc1cccc2ccccc12. The molecule has 0 saturated heterocycles. The number of benzene rings is 4. The molecule has 8 nitrogen and oxygen atoms in total. The summed E-state index contributed by atoms with van der Waals surface area (Å²) in [6.07, 6.45) is -0.138. The first-order valence-corrected chi connectivity index (χ1v) is 15.8. The molecule has 0 fully saturated rings. The number of nitrogens with zero attached hydrogens (tertiary/aromatic N) is 2. The Balaban J connectivity index is 1.70. The van der Waals surface area contributed by atoms with E-state index >= 15 is 0 Å². The van der Waals surface area contributed by atoms with Gasteiger partial charge >= 0.3 is 0 Å². The zero-order chi connectivity index (χ0) is 31.1. The van der Waals surface area contributed by atoms with Gasteiger partial charge in [-0.05, 0) is 53.8 Å². The Morgan fingerprint density at radius 3 is 2.26 bits per heavy atom. The van der Waals surface area contributed by atoms with E-state index < -0.39 is 27.2 Å². The molecule has 2 amide bonds. The van der Waals surface area contributed by atoms with Crippen molar-refractivity contribution < 1.29 is 18.0 Å². The summed E-state index contributed by atoms with van der Waals surface area (Å²) in [5, 5.41) is 12.2. The lowest BCUT2D eigenvalue weighted by Gasteiger charge is -2.26. The van der Waals surface area contributed by atoms with E-state index in [1.54, 1.807) is 68.6 Å². The van der Waals surface area contributed by atoms with Gasteiger partial charge in [-0.25, -0.2) is 8.42 Å². The minimum Gasteiger partial charge on any atom is -0.344 e. The number of nitrogens with one attached hydrogen (secondary N) is 2. The van der Waals surface area contributed by atoms with Gasteiger partial charge in [0.15, 0.2) is 5.25 Å². The zero-order valence-electron chi connectivity index (χ0n) is 23.6. The fourth-order valence-corrected chi connectivity index (χ4v) is 6.31. The Morgan fingerprint density at radius 1 is 0.907 bits per heavy atom. The molecular formula is C32H30Cl2N4O4S. The standard InChI is InChI=1S/C32H30Cl2N4O4S/c1-3-38(2)32(40)29(18-21-11-13-22(20-35)14-12-21)36-31(39)30(19-23-15-16-26(33)27(34)17-23)43(41,42)37-28-10-6-8-24-7-4-5-9-25(24)28/h4-17,29-30,37H,3,18-19H2,1-2H3,(H,36,39). The van der Waals surface area contributed by atoms with Crippen LogP contribution < -0.4 is 10.0 Å². The lowest BCUT2D eigenvalue weighted by Crippen LogP contribution is -2.53. The first-order chi connectivity index (χ1) is 20.5. The second-order valence-corrected chi connectivity index (χ2v) is 12.7.